The standard InChI is InChI=1S/C14H19ClN4O2/c1-9-6-10-7-16-14(17-11-2-4-21-5-3-11)18-12(10)8-19(9)13(15)20/h7,9,11H,2-6,8H2,1H3,(H,16,17,18). The molecule has 1 fully saturated rings. The normalized spacial score (nSPS) is 22.8. The number of rotatable bonds is 2. The molecular weight excluding hydrogens is 292 g/mol. The number of halogens is 1. The summed E-state index contributed by atoms with van der Waals surface area (Å²) in [6, 6.07) is 0.436. The van der Waals surface area contributed by atoms with E-state index in [1.165, 1.54) is 0 Å². The molecule has 0 bridgehead atoms. The topological polar surface area (TPSA) is 67.4 Å². The van der Waals surface area contributed by atoms with Crippen LogP contribution >= 0.6 is 11.6 Å². The average molecular weight is 311 g/mol. The number of carbonyl (C=O) groups is 1. The van der Waals surface area contributed by atoms with Crippen LogP contribution in [0, 0.1) is 0 Å². The highest BCUT2D eigenvalue weighted by Gasteiger charge is 2.27. The van der Waals surface area contributed by atoms with Gasteiger partial charge in [-0.3, -0.25) is 4.79 Å². The highest BCUT2D eigenvalue weighted by atomic mass is 35.5. The van der Waals surface area contributed by atoms with E-state index in [9.17, 15) is 4.79 Å². The van der Waals surface area contributed by atoms with Crippen LogP contribution in [0.3, 0.4) is 0 Å². The van der Waals surface area contributed by atoms with Gasteiger partial charge in [-0.1, -0.05) is 0 Å². The first-order valence-corrected chi connectivity index (χ1v) is 7.66. The molecule has 1 aromatic heterocycles. The number of aromatic nitrogens is 2. The van der Waals surface area contributed by atoms with E-state index in [1.54, 1.807) is 4.90 Å². The summed E-state index contributed by atoms with van der Waals surface area (Å²) in [5.41, 5.74) is 1.97. The Bertz CT molecular complexity index is 534. The van der Waals surface area contributed by atoms with Gasteiger partial charge in [0.15, 0.2) is 0 Å². The quantitative estimate of drug-likeness (QED) is 0.670. The molecule has 1 amide bonds. The van der Waals surface area contributed by atoms with Crippen LogP contribution in [-0.2, 0) is 17.7 Å². The van der Waals surface area contributed by atoms with Crippen molar-refractivity contribution in [2.45, 2.75) is 44.8 Å². The van der Waals surface area contributed by atoms with Gasteiger partial charge >= 0.3 is 5.37 Å². The number of carbonyl (C=O) groups excluding carboxylic acids is 1. The third kappa shape index (κ3) is 3.27. The van der Waals surface area contributed by atoms with E-state index in [4.69, 9.17) is 16.3 Å². The van der Waals surface area contributed by atoms with Crippen molar-refractivity contribution in [3.8, 4) is 0 Å². The number of nitrogens with zero attached hydrogens (tertiary/aromatic N) is 3. The summed E-state index contributed by atoms with van der Waals surface area (Å²) in [7, 11) is 0. The Morgan fingerprint density at radius 2 is 2.24 bits per heavy atom. The van der Waals surface area contributed by atoms with Crippen LogP contribution < -0.4 is 5.32 Å². The summed E-state index contributed by atoms with van der Waals surface area (Å²) in [6.07, 6.45) is 4.52. The largest absolute Gasteiger partial charge is 0.381 e. The first kappa shape index (κ1) is 14.5. The maximum absolute atomic E-state index is 11.4. The van der Waals surface area contributed by atoms with Crippen LogP contribution in [0.25, 0.3) is 0 Å². The van der Waals surface area contributed by atoms with E-state index in [0.717, 1.165) is 43.7 Å². The molecule has 3 heterocycles. The molecule has 0 aliphatic carbocycles. The lowest BCUT2D eigenvalue weighted by Crippen LogP contribution is -2.40. The Hall–Kier alpha value is -1.40. The molecule has 0 saturated carbocycles. The number of nitrogens with one attached hydrogen (secondary N) is 1. The molecule has 1 N–H and O–H groups in total. The molecule has 114 valence electrons. The summed E-state index contributed by atoms with van der Waals surface area (Å²) in [6.45, 7) is 3.98. The van der Waals surface area contributed by atoms with Gasteiger partial charge in [0.25, 0.3) is 0 Å². The smallest absolute Gasteiger partial charge is 0.316 e. The van der Waals surface area contributed by atoms with Crippen molar-refractivity contribution >= 4 is 22.9 Å². The third-order valence-electron chi connectivity index (χ3n) is 4.10. The van der Waals surface area contributed by atoms with Gasteiger partial charge in [0.2, 0.25) is 5.95 Å². The van der Waals surface area contributed by atoms with Crippen molar-refractivity contribution in [1.82, 2.24) is 14.9 Å². The zero-order valence-corrected chi connectivity index (χ0v) is 12.8. The molecule has 21 heavy (non-hydrogen) atoms. The number of hydrogen-bond acceptors (Lipinski definition) is 5. The van der Waals surface area contributed by atoms with Gasteiger partial charge < -0.3 is 15.0 Å². The molecule has 6 nitrogen and oxygen atoms in total. The van der Waals surface area contributed by atoms with Gasteiger partial charge in [0, 0.05) is 31.5 Å². The minimum Gasteiger partial charge on any atom is -0.381 e. The number of ether oxygens (including phenoxy) is 1. The molecule has 1 aromatic rings. The van der Waals surface area contributed by atoms with Gasteiger partial charge in [-0.2, -0.15) is 0 Å². The highest BCUT2D eigenvalue weighted by molar-refractivity contribution is 6.62. The summed E-state index contributed by atoms with van der Waals surface area (Å²) in [5.74, 6) is 0.622. The molecule has 0 spiro atoms. The second-order valence-corrected chi connectivity index (χ2v) is 5.95. The minimum absolute atomic E-state index is 0.0837. The molecule has 1 saturated heterocycles. The zero-order valence-electron chi connectivity index (χ0n) is 12.0. The van der Waals surface area contributed by atoms with Gasteiger partial charge in [0.1, 0.15) is 0 Å². The van der Waals surface area contributed by atoms with Crippen molar-refractivity contribution in [3.63, 3.8) is 0 Å². The molecule has 0 aromatic carbocycles. The first-order valence-electron chi connectivity index (χ1n) is 7.28. The SMILES string of the molecule is CC1Cc2cnc(NC3CCOCC3)nc2CN1C(=O)Cl. The molecule has 0 radical (unpaired) electrons. The van der Waals surface area contributed by atoms with Crippen molar-refractivity contribution in [2.24, 2.45) is 0 Å². The van der Waals surface area contributed by atoms with Gasteiger partial charge in [-0.05, 0) is 43.4 Å². The van der Waals surface area contributed by atoms with E-state index in [0.29, 0.717) is 18.5 Å². The maximum Gasteiger partial charge on any atom is 0.316 e. The summed E-state index contributed by atoms with van der Waals surface area (Å²) in [5, 5.41) is 2.92. The molecule has 3 rings (SSSR count). The van der Waals surface area contributed by atoms with Crippen LogP contribution in [0.15, 0.2) is 6.20 Å². The number of hydrogen-bond donors (Lipinski definition) is 1. The predicted octanol–water partition coefficient (Wildman–Crippen LogP) is 2.17. The summed E-state index contributed by atoms with van der Waals surface area (Å²) in [4.78, 5) is 22.0. The van der Waals surface area contributed by atoms with Crippen LogP contribution in [0.1, 0.15) is 31.0 Å². The van der Waals surface area contributed by atoms with E-state index < -0.39 is 5.37 Å². The molecule has 1 atom stereocenters. The summed E-state index contributed by atoms with van der Waals surface area (Å²) < 4.78 is 5.34. The lowest BCUT2D eigenvalue weighted by molar-refractivity contribution is 0.0903. The fourth-order valence-corrected chi connectivity index (χ4v) is 3.05. The van der Waals surface area contributed by atoms with E-state index in [1.807, 2.05) is 13.1 Å². The highest BCUT2D eigenvalue weighted by Crippen LogP contribution is 2.24. The van der Waals surface area contributed by atoms with E-state index in [-0.39, 0.29) is 6.04 Å². The molecule has 2 aliphatic rings. The maximum atomic E-state index is 11.4. The number of amides is 1. The Kier molecular flexibility index (Phi) is 4.26. The van der Waals surface area contributed by atoms with Crippen molar-refractivity contribution in [1.29, 1.82) is 0 Å². The van der Waals surface area contributed by atoms with Gasteiger partial charge in [-0.25, -0.2) is 9.97 Å². The number of anilines is 1. The van der Waals surface area contributed by atoms with Crippen molar-refractivity contribution in [3.05, 3.63) is 17.5 Å². The molecule has 2 aliphatic heterocycles. The zero-order chi connectivity index (χ0) is 14.8. The second kappa shape index (κ2) is 6.15. The monoisotopic (exact) mass is 310 g/mol. The van der Waals surface area contributed by atoms with Crippen LogP contribution in [-0.4, -0.2) is 45.5 Å². The van der Waals surface area contributed by atoms with Gasteiger partial charge in [-0.15, -0.1) is 0 Å². The second-order valence-electron chi connectivity index (χ2n) is 5.63. The van der Waals surface area contributed by atoms with Crippen LogP contribution in [0.2, 0.25) is 0 Å². The molecule has 1 unspecified atom stereocenters. The predicted molar refractivity (Wildman–Crippen MR) is 79.5 cm³/mol. The first-order chi connectivity index (χ1) is 10.1. The van der Waals surface area contributed by atoms with Crippen LogP contribution in [0.4, 0.5) is 10.7 Å². The minimum atomic E-state index is -0.425. The van der Waals surface area contributed by atoms with Crippen molar-refractivity contribution in [2.75, 3.05) is 18.5 Å². The Labute approximate surface area is 128 Å². The molecule has 7 heteroatoms. The third-order valence-corrected chi connectivity index (χ3v) is 4.32. The fraction of sp³-hybridized carbons (Fsp3) is 0.643. The molecular formula is C14H19ClN4O2. The Morgan fingerprint density at radius 3 is 2.95 bits per heavy atom. The average Bonchev–Trinajstić information content (AvgIpc) is 2.47. The summed E-state index contributed by atoms with van der Waals surface area (Å²) >= 11 is 5.63. The number of fused-ring (bicyclic) bond motifs is 1. The lowest BCUT2D eigenvalue weighted by Gasteiger charge is -2.32. The van der Waals surface area contributed by atoms with Gasteiger partial charge in [0.05, 0.1) is 12.2 Å². The Morgan fingerprint density at radius 1 is 1.48 bits per heavy atom. The van der Waals surface area contributed by atoms with Crippen molar-refractivity contribution < 1.29 is 9.53 Å². The van der Waals surface area contributed by atoms with E-state index >= 15 is 0 Å². The lowest BCUT2D eigenvalue weighted by atomic mass is 10.0. The van der Waals surface area contributed by atoms with E-state index in [2.05, 4.69) is 15.3 Å². The Balaban J connectivity index is 1.74. The van der Waals surface area contributed by atoms with Crippen LogP contribution in [0.5, 0.6) is 0 Å². The fourth-order valence-electron chi connectivity index (χ4n) is 2.82.